The maximum absolute atomic E-state index is 11.5. The molecule has 0 bridgehead atoms. The van der Waals surface area contributed by atoms with Crippen molar-refractivity contribution < 1.29 is 18.3 Å². The molecular weight excluding hydrogens is 144 g/mol. The van der Waals surface area contributed by atoms with Gasteiger partial charge >= 0.3 is 6.61 Å². The van der Waals surface area contributed by atoms with Crippen LogP contribution >= 0.6 is 0 Å². The second-order valence-corrected chi connectivity index (χ2v) is 2.03. The van der Waals surface area contributed by atoms with Crippen molar-refractivity contribution in [3.05, 3.63) is 0 Å². The summed E-state index contributed by atoms with van der Waals surface area (Å²) >= 11 is 0. The number of carbonyl (C=O) groups is 1. The molecule has 1 N–H and O–H groups in total. The van der Waals surface area contributed by atoms with Gasteiger partial charge in [-0.1, -0.05) is 0 Å². The molecule has 0 aromatic rings. The Morgan fingerprint density at radius 2 is 2.40 bits per heavy atom. The second-order valence-electron chi connectivity index (χ2n) is 2.03. The van der Waals surface area contributed by atoms with E-state index in [1.807, 2.05) is 0 Å². The highest BCUT2D eigenvalue weighted by atomic mass is 19.3. The van der Waals surface area contributed by atoms with Crippen molar-refractivity contribution >= 4 is 5.91 Å². The normalized spacial score (nSPS) is 25.5. The van der Waals surface area contributed by atoms with Crippen molar-refractivity contribution in [1.29, 1.82) is 0 Å². The molecule has 0 saturated carbocycles. The number of alkyl halides is 2. The van der Waals surface area contributed by atoms with Crippen LogP contribution < -0.4 is 5.32 Å². The quantitative estimate of drug-likeness (QED) is 0.608. The average molecular weight is 151 g/mol. The molecule has 1 atom stereocenters. The van der Waals surface area contributed by atoms with Gasteiger partial charge in [0.25, 0.3) is 0 Å². The zero-order valence-corrected chi connectivity index (χ0v) is 5.14. The summed E-state index contributed by atoms with van der Waals surface area (Å²) < 4.78 is 27.0. The smallest absolute Gasteiger partial charge is 0.345 e. The van der Waals surface area contributed by atoms with Crippen LogP contribution in [-0.2, 0) is 9.53 Å². The molecule has 1 aliphatic rings. The minimum Gasteiger partial charge on any atom is -0.353 e. The molecule has 58 valence electrons. The molecule has 0 spiro atoms. The van der Waals surface area contributed by atoms with E-state index >= 15 is 0 Å². The van der Waals surface area contributed by atoms with Gasteiger partial charge in [-0.05, 0) is 0 Å². The van der Waals surface area contributed by atoms with Gasteiger partial charge in [0, 0.05) is 6.54 Å². The van der Waals surface area contributed by atoms with Crippen LogP contribution in [0.4, 0.5) is 8.78 Å². The summed E-state index contributed by atoms with van der Waals surface area (Å²) in [5, 5.41) is 2.38. The number of hydrogen-bond acceptors (Lipinski definition) is 2. The average Bonchev–Trinajstić information content (AvgIpc) is 2.13. The first-order chi connectivity index (χ1) is 4.68. The molecule has 5 heteroatoms. The summed E-state index contributed by atoms with van der Waals surface area (Å²) in [5.41, 5.74) is 0. The second kappa shape index (κ2) is 2.92. The zero-order valence-electron chi connectivity index (χ0n) is 5.14. The van der Waals surface area contributed by atoms with Crippen LogP contribution in [0.25, 0.3) is 0 Å². The monoisotopic (exact) mass is 151 g/mol. The van der Waals surface area contributed by atoms with Crippen molar-refractivity contribution in [2.75, 3.05) is 6.54 Å². The molecule has 0 aromatic carbocycles. The predicted molar refractivity (Wildman–Crippen MR) is 28.5 cm³/mol. The lowest BCUT2D eigenvalue weighted by molar-refractivity contribution is -0.157. The minimum atomic E-state index is -2.78. The van der Waals surface area contributed by atoms with E-state index in [9.17, 15) is 13.6 Å². The van der Waals surface area contributed by atoms with Gasteiger partial charge in [-0.2, -0.15) is 8.78 Å². The van der Waals surface area contributed by atoms with Crippen LogP contribution in [0.2, 0.25) is 0 Å². The highest BCUT2D eigenvalue weighted by Crippen LogP contribution is 2.08. The van der Waals surface area contributed by atoms with Gasteiger partial charge in [-0.15, -0.1) is 0 Å². The molecule has 1 unspecified atom stereocenters. The Kier molecular flexibility index (Phi) is 2.16. The van der Waals surface area contributed by atoms with E-state index < -0.39 is 12.7 Å². The van der Waals surface area contributed by atoms with E-state index in [4.69, 9.17) is 0 Å². The van der Waals surface area contributed by atoms with Crippen molar-refractivity contribution in [3.8, 4) is 0 Å². The van der Waals surface area contributed by atoms with E-state index in [-0.39, 0.29) is 18.9 Å². The Balaban J connectivity index is 2.24. The molecule has 1 rings (SSSR count). The maximum Gasteiger partial charge on any atom is 0.345 e. The first kappa shape index (κ1) is 7.40. The van der Waals surface area contributed by atoms with Gasteiger partial charge in [0.15, 0.2) is 0 Å². The summed E-state index contributed by atoms with van der Waals surface area (Å²) in [7, 11) is 0. The fourth-order valence-corrected chi connectivity index (χ4v) is 0.820. The maximum atomic E-state index is 11.5. The number of nitrogens with one attached hydrogen (secondary N) is 1. The molecule has 10 heavy (non-hydrogen) atoms. The summed E-state index contributed by atoms with van der Waals surface area (Å²) in [6, 6.07) is 0. The van der Waals surface area contributed by atoms with Gasteiger partial charge in [0.2, 0.25) is 5.91 Å². The van der Waals surface area contributed by atoms with Crippen LogP contribution in [0.1, 0.15) is 6.42 Å². The molecule has 0 radical (unpaired) electrons. The standard InChI is InChI=1S/C5H7F2NO2/c6-5(7)10-3-1-4(9)8-2-3/h3,5H,1-2H2,(H,8,9). The Bertz CT molecular complexity index is 140. The highest BCUT2D eigenvalue weighted by molar-refractivity contribution is 5.78. The highest BCUT2D eigenvalue weighted by Gasteiger charge is 2.24. The summed E-state index contributed by atoms with van der Waals surface area (Å²) in [4.78, 5) is 10.4. The van der Waals surface area contributed by atoms with E-state index in [2.05, 4.69) is 10.1 Å². The molecule has 1 amide bonds. The van der Waals surface area contributed by atoms with Crippen LogP contribution in [0.5, 0.6) is 0 Å². The molecule has 1 fully saturated rings. The first-order valence-electron chi connectivity index (χ1n) is 2.89. The van der Waals surface area contributed by atoms with Crippen LogP contribution in [0.3, 0.4) is 0 Å². The zero-order chi connectivity index (χ0) is 7.56. The third kappa shape index (κ3) is 1.91. The fraction of sp³-hybridized carbons (Fsp3) is 0.800. The molecule has 1 aliphatic heterocycles. The van der Waals surface area contributed by atoms with Crippen molar-refractivity contribution in [2.45, 2.75) is 19.1 Å². The third-order valence-electron chi connectivity index (χ3n) is 1.24. The Morgan fingerprint density at radius 1 is 1.70 bits per heavy atom. The first-order valence-corrected chi connectivity index (χ1v) is 2.89. The number of carbonyl (C=O) groups excluding carboxylic acids is 1. The Labute approximate surface area is 56.3 Å². The lowest BCUT2D eigenvalue weighted by atomic mass is 10.3. The summed E-state index contributed by atoms with van der Waals surface area (Å²) in [5.74, 6) is -0.231. The molecular formula is C5H7F2NO2. The largest absolute Gasteiger partial charge is 0.353 e. The van der Waals surface area contributed by atoms with E-state index in [0.29, 0.717) is 0 Å². The fourth-order valence-electron chi connectivity index (χ4n) is 0.820. The lowest BCUT2D eigenvalue weighted by Gasteiger charge is -2.06. The molecule has 0 aromatic heterocycles. The van der Waals surface area contributed by atoms with Crippen molar-refractivity contribution in [2.24, 2.45) is 0 Å². The Hall–Kier alpha value is -0.710. The van der Waals surface area contributed by atoms with E-state index in [1.165, 1.54) is 0 Å². The topological polar surface area (TPSA) is 38.3 Å². The lowest BCUT2D eigenvalue weighted by Crippen LogP contribution is -2.19. The third-order valence-corrected chi connectivity index (χ3v) is 1.24. The summed E-state index contributed by atoms with van der Waals surface area (Å²) in [6.45, 7) is -2.58. The van der Waals surface area contributed by atoms with Gasteiger partial charge < -0.3 is 10.1 Å². The minimum absolute atomic E-state index is 0.0460. The molecule has 1 heterocycles. The summed E-state index contributed by atoms with van der Waals surface area (Å²) in [6.07, 6.45) is -0.600. The van der Waals surface area contributed by atoms with Gasteiger partial charge in [0.05, 0.1) is 12.5 Å². The molecule has 0 aliphatic carbocycles. The van der Waals surface area contributed by atoms with Crippen molar-refractivity contribution in [1.82, 2.24) is 5.32 Å². The number of amides is 1. The predicted octanol–water partition coefficient (Wildman–Crippen LogP) is 0.114. The van der Waals surface area contributed by atoms with Crippen molar-refractivity contribution in [3.63, 3.8) is 0 Å². The van der Waals surface area contributed by atoms with Crippen LogP contribution in [0.15, 0.2) is 0 Å². The van der Waals surface area contributed by atoms with Crippen LogP contribution in [0, 0.1) is 0 Å². The van der Waals surface area contributed by atoms with Crippen LogP contribution in [-0.4, -0.2) is 25.2 Å². The number of hydrogen-bond donors (Lipinski definition) is 1. The van der Waals surface area contributed by atoms with Gasteiger partial charge in [-0.25, -0.2) is 0 Å². The van der Waals surface area contributed by atoms with Gasteiger partial charge in [-0.3, -0.25) is 4.79 Å². The van der Waals surface area contributed by atoms with Gasteiger partial charge in [0.1, 0.15) is 0 Å². The Morgan fingerprint density at radius 3 is 2.80 bits per heavy atom. The molecule has 3 nitrogen and oxygen atoms in total. The van der Waals surface area contributed by atoms with E-state index in [0.717, 1.165) is 0 Å². The number of rotatable bonds is 2. The SMILES string of the molecule is O=C1CC(OC(F)F)CN1. The van der Waals surface area contributed by atoms with E-state index in [1.54, 1.807) is 0 Å². The molecule has 1 saturated heterocycles. The number of halogens is 2. The number of ether oxygens (including phenoxy) is 1.